The Morgan fingerprint density at radius 3 is 1.60 bits per heavy atom. The first-order chi connectivity index (χ1) is 2.41. The van der Waals surface area contributed by atoms with Crippen LogP contribution in [0.3, 0.4) is 0 Å². The minimum atomic E-state index is 0.0833. The second kappa shape index (κ2) is 4.46. The van der Waals surface area contributed by atoms with E-state index < -0.39 is 0 Å². The SMILES string of the molecule is N[CH2][Ge][CH2]N. The Labute approximate surface area is 38.4 Å². The predicted molar refractivity (Wildman–Crippen MR) is 23.9 cm³/mol. The molecule has 0 saturated carbocycles. The van der Waals surface area contributed by atoms with Gasteiger partial charge in [-0.25, -0.2) is 0 Å². The first-order valence-electron chi connectivity index (χ1n) is 1.52. The minimum absolute atomic E-state index is 0.0833. The van der Waals surface area contributed by atoms with E-state index in [0.717, 1.165) is 10.8 Å². The molecule has 2 radical (unpaired) electrons. The normalized spacial score (nSPS) is 8.40. The van der Waals surface area contributed by atoms with E-state index in [1.54, 1.807) is 0 Å². The third-order valence-electron chi connectivity index (χ3n) is 0.289. The Balaban J connectivity index is 2.19. The zero-order valence-electron chi connectivity index (χ0n) is 3.07. The van der Waals surface area contributed by atoms with Crippen LogP contribution in [0.4, 0.5) is 0 Å². The maximum absolute atomic E-state index is 5.11. The summed E-state index contributed by atoms with van der Waals surface area (Å²) in [4.78, 5) is 0. The van der Waals surface area contributed by atoms with Crippen molar-refractivity contribution in [2.75, 3.05) is 10.8 Å². The average Bonchev–Trinajstić information content (AvgIpc) is 1.41. The van der Waals surface area contributed by atoms with E-state index in [0.29, 0.717) is 0 Å². The van der Waals surface area contributed by atoms with E-state index in [-0.39, 0.29) is 15.4 Å². The fraction of sp³-hybridized carbons (Fsp3) is 1.00. The van der Waals surface area contributed by atoms with Gasteiger partial charge >= 0.3 is 37.7 Å². The van der Waals surface area contributed by atoms with Gasteiger partial charge < -0.3 is 0 Å². The molecule has 0 heterocycles. The first-order valence-corrected chi connectivity index (χ1v) is 4.49. The van der Waals surface area contributed by atoms with Gasteiger partial charge in [-0.05, 0) is 0 Å². The van der Waals surface area contributed by atoms with Gasteiger partial charge in [0.1, 0.15) is 0 Å². The van der Waals surface area contributed by atoms with E-state index in [1.807, 2.05) is 0 Å². The number of rotatable bonds is 2. The van der Waals surface area contributed by atoms with Crippen LogP contribution in [0.1, 0.15) is 0 Å². The summed E-state index contributed by atoms with van der Waals surface area (Å²) in [6.07, 6.45) is 0. The van der Waals surface area contributed by atoms with Crippen LogP contribution < -0.4 is 11.5 Å². The van der Waals surface area contributed by atoms with Crippen LogP contribution in [-0.4, -0.2) is 26.2 Å². The molecule has 0 aromatic carbocycles. The van der Waals surface area contributed by atoms with Crippen molar-refractivity contribution >= 4 is 15.4 Å². The Bertz CT molecular complexity index is 15.1. The van der Waals surface area contributed by atoms with Crippen molar-refractivity contribution in [3.8, 4) is 0 Å². The molecule has 4 N–H and O–H groups in total. The Hall–Kier alpha value is 0.463. The van der Waals surface area contributed by atoms with E-state index in [2.05, 4.69) is 0 Å². The van der Waals surface area contributed by atoms with Crippen molar-refractivity contribution in [3.63, 3.8) is 0 Å². The predicted octanol–water partition coefficient (Wildman–Crippen LogP) is -1.48. The quantitative estimate of drug-likeness (QED) is 0.451. The Kier molecular flexibility index (Phi) is 4.88. The molecular weight excluding hydrogens is 125 g/mol. The number of hydrogen-bond acceptors (Lipinski definition) is 2. The molecule has 0 fully saturated rings. The van der Waals surface area contributed by atoms with Crippen LogP contribution in [0.15, 0.2) is 0 Å². The van der Waals surface area contributed by atoms with Gasteiger partial charge in [0.2, 0.25) is 0 Å². The summed E-state index contributed by atoms with van der Waals surface area (Å²) in [7, 11) is 0. The second-order valence-electron chi connectivity index (χ2n) is 0.658. The van der Waals surface area contributed by atoms with Crippen LogP contribution >= 0.6 is 0 Å². The third-order valence-corrected chi connectivity index (χ3v) is 1.50. The molecule has 3 heteroatoms. The zero-order valence-corrected chi connectivity index (χ0v) is 5.17. The fourth-order valence-corrected chi connectivity index (χ4v) is 0.433. The molecule has 0 bridgehead atoms. The molecule has 0 saturated heterocycles. The molecule has 5 heavy (non-hydrogen) atoms. The van der Waals surface area contributed by atoms with E-state index in [9.17, 15) is 0 Å². The molecule has 0 aliphatic rings. The van der Waals surface area contributed by atoms with Crippen molar-refractivity contribution < 1.29 is 0 Å². The van der Waals surface area contributed by atoms with Gasteiger partial charge in [0, 0.05) is 0 Å². The van der Waals surface area contributed by atoms with Crippen LogP contribution in [0.25, 0.3) is 0 Å². The summed E-state index contributed by atoms with van der Waals surface area (Å²) in [5.41, 5.74) is 10.2. The molecule has 0 unspecified atom stereocenters. The summed E-state index contributed by atoms with van der Waals surface area (Å²) in [5.74, 6) is 0. The molecule has 0 aromatic heterocycles. The Morgan fingerprint density at radius 1 is 1.20 bits per heavy atom. The molecule has 0 atom stereocenters. The molecule has 0 spiro atoms. The van der Waals surface area contributed by atoms with Gasteiger partial charge in [-0.3, -0.25) is 0 Å². The maximum atomic E-state index is 5.11. The van der Waals surface area contributed by atoms with Crippen LogP contribution in [0.2, 0.25) is 0 Å². The summed E-state index contributed by atoms with van der Waals surface area (Å²) in [6.45, 7) is 0. The molecule has 0 aliphatic heterocycles. The summed E-state index contributed by atoms with van der Waals surface area (Å²) in [6, 6.07) is 0. The van der Waals surface area contributed by atoms with Gasteiger partial charge in [0.05, 0.1) is 0 Å². The Morgan fingerprint density at radius 2 is 1.60 bits per heavy atom. The first kappa shape index (κ1) is 5.46. The van der Waals surface area contributed by atoms with Gasteiger partial charge in [-0.15, -0.1) is 0 Å². The van der Waals surface area contributed by atoms with Gasteiger partial charge in [0.15, 0.2) is 0 Å². The molecule has 2 nitrogen and oxygen atoms in total. The van der Waals surface area contributed by atoms with Crippen molar-refractivity contribution in [1.82, 2.24) is 0 Å². The molecule has 0 aliphatic carbocycles. The zero-order chi connectivity index (χ0) is 4.12. The topological polar surface area (TPSA) is 52.0 Å². The number of hydrogen-bond donors (Lipinski definition) is 2. The van der Waals surface area contributed by atoms with Gasteiger partial charge in [0.25, 0.3) is 0 Å². The van der Waals surface area contributed by atoms with Gasteiger partial charge in [-0.2, -0.15) is 0 Å². The molecule has 0 aromatic rings. The summed E-state index contributed by atoms with van der Waals surface area (Å²) in [5, 5.41) is 1.69. The van der Waals surface area contributed by atoms with E-state index in [4.69, 9.17) is 11.5 Å². The summed E-state index contributed by atoms with van der Waals surface area (Å²) < 4.78 is 0. The van der Waals surface area contributed by atoms with E-state index in [1.165, 1.54) is 0 Å². The van der Waals surface area contributed by atoms with Crippen molar-refractivity contribution in [1.29, 1.82) is 0 Å². The molecule has 0 amide bonds. The second-order valence-corrected chi connectivity index (χ2v) is 3.42. The van der Waals surface area contributed by atoms with Crippen LogP contribution in [0, 0.1) is 0 Å². The molecule has 0 rings (SSSR count). The summed E-state index contributed by atoms with van der Waals surface area (Å²) >= 11 is 0.0833. The molecular formula is C2H8GeN2. The standard InChI is InChI=1S/C2H8GeN2/c4-1-3-2-5/h1-2,4-5H2. The molecule has 30 valence electrons. The van der Waals surface area contributed by atoms with Crippen molar-refractivity contribution in [3.05, 3.63) is 0 Å². The van der Waals surface area contributed by atoms with Crippen LogP contribution in [0.5, 0.6) is 0 Å². The monoisotopic (exact) mass is 134 g/mol. The third kappa shape index (κ3) is 4.46. The van der Waals surface area contributed by atoms with Crippen LogP contribution in [-0.2, 0) is 0 Å². The van der Waals surface area contributed by atoms with Crippen molar-refractivity contribution in [2.45, 2.75) is 0 Å². The number of nitrogens with two attached hydrogens (primary N) is 2. The van der Waals surface area contributed by atoms with E-state index >= 15 is 0 Å². The van der Waals surface area contributed by atoms with Crippen molar-refractivity contribution in [2.24, 2.45) is 11.5 Å². The fourth-order valence-electron chi connectivity index (χ4n) is 0.0833. The average molecular weight is 133 g/mol. The van der Waals surface area contributed by atoms with Gasteiger partial charge in [-0.1, -0.05) is 0 Å².